The first-order chi connectivity index (χ1) is 9.21. The lowest BCUT2D eigenvalue weighted by atomic mass is 9.82. The molecule has 0 radical (unpaired) electrons. The largest absolute Gasteiger partial charge is 0.390 e. The molecule has 0 saturated carbocycles. The van der Waals surface area contributed by atoms with Crippen LogP contribution in [0.15, 0.2) is 30.3 Å². The molecule has 0 aliphatic carbocycles. The van der Waals surface area contributed by atoms with Gasteiger partial charge in [-0.25, -0.2) is 0 Å². The molecule has 1 aromatic carbocycles. The van der Waals surface area contributed by atoms with Gasteiger partial charge >= 0.3 is 0 Å². The topological polar surface area (TPSA) is 26.7 Å². The summed E-state index contributed by atoms with van der Waals surface area (Å²) in [6.07, 6.45) is 3.25. The Kier molecular flexibility index (Phi) is 3.61. The number of rotatable bonds is 2. The molecule has 3 nitrogen and oxygen atoms in total. The average Bonchev–Trinajstić information content (AvgIpc) is 2.80. The summed E-state index contributed by atoms with van der Waals surface area (Å²) < 4.78 is 0. The van der Waals surface area contributed by atoms with E-state index in [1.165, 1.54) is 12.0 Å². The average molecular weight is 260 g/mol. The Hall–Kier alpha value is -0.900. The molecule has 2 heterocycles. The van der Waals surface area contributed by atoms with E-state index in [4.69, 9.17) is 0 Å². The monoisotopic (exact) mass is 260 g/mol. The first kappa shape index (κ1) is 13.1. The summed E-state index contributed by atoms with van der Waals surface area (Å²) in [5.41, 5.74) is 1.39. The second kappa shape index (κ2) is 5.23. The summed E-state index contributed by atoms with van der Waals surface area (Å²) in [4.78, 5) is 4.77. The van der Waals surface area contributed by atoms with Crippen molar-refractivity contribution in [3.05, 3.63) is 35.9 Å². The van der Waals surface area contributed by atoms with E-state index in [0.717, 1.165) is 39.0 Å². The summed E-state index contributed by atoms with van der Waals surface area (Å²) in [5.74, 6) is 0. The first-order valence-corrected chi connectivity index (χ1v) is 7.36. The van der Waals surface area contributed by atoms with Crippen molar-refractivity contribution in [2.75, 3.05) is 26.7 Å². The summed E-state index contributed by atoms with van der Waals surface area (Å²) in [6.45, 7) is 4.00. The highest BCUT2D eigenvalue weighted by atomic mass is 16.3. The maximum absolute atomic E-state index is 10.6. The quantitative estimate of drug-likeness (QED) is 0.877. The zero-order valence-electron chi connectivity index (χ0n) is 11.8. The van der Waals surface area contributed by atoms with Gasteiger partial charge in [0.15, 0.2) is 0 Å². The molecule has 2 fully saturated rings. The molecule has 1 aromatic rings. The van der Waals surface area contributed by atoms with Crippen LogP contribution < -0.4 is 0 Å². The highest BCUT2D eigenvalue weighted by Gasteiger charge is 2.48. The van der Waals surface area contributed by atoms with Crippen molar-refractivity contribution in [3.63, 3.8) is 0 Å². The van der Waals surface area contributed by atoms with Gasteiger partial charge in [-0.3, -0.25) is 4.90 Å². The number of likely N-dealkylation sites (tertiary alicyclic amines) is 2. The molecule has 1 N–H and O–H groups in total. The van der Waals surface area contributed by atoms with Crippen LogP contribution in [-0.2, 0) is 6.54 Å². The SMILES string of the molecule is CN1CC[C@@]2(CCCN2Cc2ccccc2)[C@@H](O)C1. The van der Waals surface area contributed by atoms with Crippen LogP contribution in [0, 0.1) is 0 Å². The number of hydrogen-bond donors (Lipinski definition) is 1. The fourth-order valence-electron chi connectivity index (χ4n) is 3.77. The smallest absolute Gasteiger partial charge is 0.0850 e. The molecule has 2 saturated heterocycles. The van der Waals surface area contributed by atoms with Crippen molar-refractivity contribution in [2.45, 2.75) is 37.5 Å². The number of β-amino-alcohol motifs (C(OH)–C–C–N with tert-alkyl or cyclic N) is 1. The fourth-order valence-corrected chi connectivity index (χ4v) is 3.77. The lowest BCUT2D eigenvalue weighted by Gasteiger charge is -2.47. The Balaban J connectivity index is 1.77. The van der Waals surface area contributed by atoms with Crippen molar-refractivity contribution >= 4 is 0 Å². The molecule has 0 aromatic heterocycles. The fraction of sp³-hybridized carbons (Fsp3) is 0.625. The molecule has 2 aliphatic heterocycles. The zero-order valence-corrected chi connectivity index (χ0v) is 11.8. The molecule has 2 atom stereocenters. The van der Waals surface area contributed by atoms with E-state index in [1.54, 1.807) is 0 Å². The molecule has 19 heavy (non-hydrogen) atoms. The molecular weight excluding hydrogens is 236 g/mol. The van der Waals surface area contributed by atoms with Gasteiger partial charge in [-0.2, -0.15) is 0 Å². The first-order valence-electron chi connectivity index (χ1n) is 7.36. The molecule has 2 aliphatic rings. The standard InChI is InChI=1S/C16H24N2O/c1-17-11-9-16(15(19)13-17)8-5-10-18(16)12-14-6-3-2-4-7-14/h2-4,6-7,15,19H,5,8-13H2,1H3/t15-,16-/m0/s1. The highest BCUT2D eigenvalue weighted by Crippen LogP contribution is 2.39. The predicted octanol–water partition coefficient (Wildman–Crippen LogP) is 1.72. The van der Waals surface area contributed by atoms with Crippen molar-refractivity contribution in [2.24, 2.45) is 0 Å². The van der Waals surface area contributed by atoms with Crippen LogP contribution >= 0.6 is 0 Å². The minimum atomic E-state index is -0.211. The minimum absolute atomic E-state index is 0.0301. The van der Waals surface area contributed by atoms with Gasteiger partial charge in [0, 0.05) is 18.6 Å². The van der Waals surface area contributed by atoms with Gasteiger partial charge in [-0.05, 0) is 45.0 Å². The van der Waals surface area contributed by atoms with Gasteiger partial charge in [-0.1, -0.05) is 30.3 Å². The second-order valence-electron chi connectivity index (χ2n) is 6.14. The third-order valence-electron chi connectivity index (χ3n) is 4.92. The Bertz CT molecular complexity index is 422. The van der Waals surface area contributed by atoms with Crippen LogP contribution in [-0.4, -0.2) is 53.2 Å². The highest BCUT2D eigenvalue weighted by molar-refractivity contribution is 5.16. The van der Waals surface area contributed by atoms with Gasteiger partial charge < -0.3 is 10.0 Å². The third kappa shape index (κ3) is 2.42. The van der Waals surface area contributed by atoms with E-state index < -0.39 is 0 Å². The molecule has 0 amide bonds. The van der Waals surface area contributed by atoms with Crippen LogP contribution in [0.3, 0.4) is 0 Å². The normalized spacial score (nSPS) is 33.1. The zero-order chi connectivity index (χ0) is 13.3. The summed E-state index contributed by atoms with van der Waals surface area (Å²) in [7, 11) is 2.10. The maximum Gasteiger partial charge on any atom is 0.0850 e. The van der Waals surface area contributed by atoms with E-state index in [1.807, 2.05) is 0 Å². The molecule has 0 unspecified atom stereocenters. The predicted molar refractivity (Wildman–Crippen MR) is 76.9 cm³/mol. The Morgan fingerprint density at radius 2 is 2.00 bits per heavy atom. The number of aliphatic hydroxyl groups excluding tert-OH is 1. The van der Waals surface area contributed by atoms with Gasteiger partial charge in [0.2, 0.25) is 0 Å². The minimum Gasteiger partial charge on any atom is -0.390 e. The summed E-state index contributed by atoms with van der Waals surface area (Å²) in [5, 5.41) is 10.6. The lowest BCUT2D eigenvalue weighted by molar-refractivity contribution is -0.0609. The van der Waals surface area contributed by atoms with Gasteiger partial charge in [0.05, 0.1) is 6.10 Å². The van der Waals surface area contributed by atoms with Crippen LogP contribution in [0.5, 0.6) is 0 Å². The second-order valence-corrected chi connectivity index (χ2v) is 6.14. The van der Waals surface area contributed by atoms with E-state index in [0.29, 0.717) is 0 Å². The number of likely N-dealkylation sites (N-methyl/N-ethyl adjacent to an activating group) is 1. The van der Waals surface area contributed by atoms with Crippen LogP contribution in [0.1, 0.15) is 24.8 Å². The molecule has 0 bridgehead atoms. The Morgan fingerprint density at radius 1 is 1.21 bits per heavy atom. The number of nitrogens with zero attached hydrogens (tertiary/aromatic N) is 2. The van der Waals surface area contributed by atoms with Crippen molar-refractivity contribution < 1.29 is 5.11 Å². The number of benzene rings is 1. The van der Waals surface area contributed by atoms with E-state index >= 15 is 0 Å². The van der Waals surface area contributed by atoms with Crippen molar-refractivity contribution in [3.8, 4) is 0 Å². The maximum atomic E-state index is 10.6. The molecule has 3 heteroatoms. The van der Waals surface area contributed by atoms with Gasteiger partial charge in [0.25, 0.3) is 0 Å². The van der Waals surface area contributed by atoms with E-state index in [-0.39, 0.29) is 11.6 Å². The molecule has 1 spiro atoms. The number of hydrogen-bond acceptors (Lipinski definition) is 3. The van der Waals surface area contributed by atoms with Crippen molar-refractivity contribution in [1.29, 1.82) is 0 Å². The van der Waals surface area contributed by atoms with Crippen molar-refractivity contribution in [1.82, 2.24) is 9.80 Å². The Morgan fingerprint density at radius 3 is 2.74 bits per heavy atom. The molecular formula is C16H24N2O. The lowest BCUT2D eigenvalue weighted by Crippen LogP contribution is -2.60. The molecule has 104 valence electrons. The summed E-state index contributed by atoms with van der Waals surface area (Å²) >= 11 is 0. The molecule has 3 rings (SSSR count). The van der Waals surface area contributed by atoms with Crippen LogP contribution in [0.25, 0.3) is 0 Å². The third-order valence-corrected chi connectivity index (χ3v) is 4.92. The number of piperidine rings is 1. The van der Waals surface area contributed by atoms with Crippen LogP contribution in [0.2, 0.25) is 0 Å². The van der Waals surface area contributed by atoms with Gasteiger partial charge in [-0.15, -0.1) is 0 Å². The van der Waals surface area contributed by atoms with Gasteiger partial charge in [0.1, 0.15) is 0 Å². The Labute approximate surface area is 115 Å². The van der Waals surface area contributed by atoms with Crippen LogP contribution in [0.4, 0.5) is 0 Å². The number of aliphatic hydroxyl groups is 1. The van der Waals surface area contributed by atoms with E-state index in [2.05, 4.69) is 47.2 Å². The van der Waals surface area contributed by atoms with E-state index in [9.17, 15) is 5.11 Å². The summed E-state index contributed by atoms with van der Waals surface area (Å²) in [6, 6.07) is 10.6.